The molecule has 1 aliphatic rings. The van der Waals surface area contributed by atoms with Crippen molar-refractivity contribution in [3.8, 4) is 10.7 Å². The van der Waals surface area contributed by atoms with Crippen molar-refractivity contribution in [2.24, 2.45) is 5.92 Å². The van der Waals surface area contributed by atoms with Crippen LogP contribution in [0.15, 0.2) is 46.3 Å². The molecule has 7 heteroatoms. The quantitative estimate of drug-likeness (QED) is 0.564. The number of aryl methyl sites for hydroxylation is 1. The number of hydrogen-bond donors (Lipinski definition) is 0. The lowest BCUT2D eigenvalue weighted by Gasteiger charge is -2.33. The molecule has 3 heterocycles. The molecule has 1 amide bonds. The second-order valence-corrected chi connectivity index (χ2v) is 8.83. The van der Waals surface area contributed by atoms with Gasteiger partial charge in [-0.25, -0.2) is 0 Å². The first kappa shape index (κ1) is 20.8. The van der Waals surface area contributed by atoms with Crippen molar-refractivity contribution < 1.29 is 9.32 Å². The van der Waals surface area contributed by atoms with Gasteiger partial charge in [0.25, 0.3) is 0 Å². The molecule has 2 aromatic heterocycles. The van der Waals surface area contributed by atoms with Crippen LogP contribution in [0, 0.1) is 12.8 Å². The van der Waals surface area contributed by atoms with E-state index in [4.69, 9.17) is 4.52 Å². The van der Waals surface area contributed by atoms with Crippen LogP contribution in [-0.2, 0) is 17.9 Å². The Morgan fingerprint density at radius 1 is 1.23 bits per heavy atom. The van der Waals surface area contributed by atoms with Crippen LogP contribution < -0.4 is 0 Å². The summed E-state index contributed by atoms with van der Waals surface area (Å²) in [6.07, 6.45) is 1.79. The van der Waals surface area contributed by atoms with Crippen molar-refractivity contribution in [1.29, 1.82) is 0 Å². The molecule has 0 N–H and O–H groups in total. The van der Waals surface area contributed by atoms with E-state index in [0.717, 1.165) is 37.4 Å². The van der Waals surface area contributed by atoms with E-state index in [1.54, 1.807) is 11.3 Å². The number of rotatable bonds is 7. The third-order valence-corrected chi connectivity index (χ3v) is 6.56. The van der Waals surface area contributed by atoms with Crippen LogP contribution in [0.4, 0.5) is 0 Å². The van der Waals surface area contributed by atoms with Gasteiger partial charge in [-0.3, -0.25) is 9.69 Å². The first-order valence-electron chi connectivity index (χ1n) is 10.6. The topological polar surface area (TPSA) is 62.5 Å². The number of amides is 1. The fraction of sp³-hybridized carbons (Fsp3) is 0.435. The van der Waals surface area contributed by atoms with Gasteiger partial charge in [-0.15, -0.1) is 11.3 Å². The zero-order valence-corrected chi connectivity index (χ0v) is 18.4. The summed E-state index contributed by atoms with van der Waals surface area (Å²) in [4.78, 5) is 22.8. The van der Waals surface area contributed by atoms with Crippen molar-refractivity contribution in [3.63, 3.8) is 0 Å². The van der Waals surface area contributed by atoms with Crippen molar-refractivity contribution in [2.45, 2.75) is 39.8 Å². The zero-order chi connectivity index (χ0) is 20.9. The predicted molar refractivity (Wildman–Crippen MR) is 118 cm³/mol. The third-order valence-electron chi connectivity index (χ3n) is 5.69. The lowest BCUT2D eigenvalue weighted by molar-refractivity contribution is -0.137. The molecular formula is C23H28N4O2S. The highest BCUT2D eigenvalue weighted by atomic mass is 32.1. The fourth-order valence-corrected chi connectivity index (χ4v) is 4.53. The maximum Gasteiger partial charge on any atom is 0.246 e. The second kappa shape index (κ2) is 9.53. The minimum atomic E-state index is 0.0684. The van der Waals surface area contributed by atoms with E-state index < -0.39 is 0 Å². The molecule has 0 atom stereocenters. The first-order valence-corrected chi connectivity index (χ1v) is 11.4. The Hall–Kier alpha value is -2.51. The van der Waals surface area contributed by atoms with Crippen molar-refractivity contribution in [3.05, 3.63) is 58.8 Å². The number of likely N-dealkylation sites (tertiary alicyclic amines) is 1. The van der Waals surface area contributed by atoms with E-state index >= 15 is 0 Å². The molecule has 3 aromatic rings. The highest BCUT2D eigenvalue weighted by Gasteiger charge is 2.29. The lowest BCUT2D eigenvalue weighted by atomic mass is 9.94. The number of benzene rings is 1. The molecule has 1 aliphatic heterocycles. The monoisotopic (exact) mass is 424 g/mol. The standard InChI is InChI=1S/C23H28N4O2S/c1-3-27(16-21-24-22(25-29-21)20-5-4-14-30-20)23(28)19-10-12-26(13-11-19)15-18-8-6-17(2)7-9-18/h4-9,14,19H,3,10-13,15-16H2,1-2H3. The van der Waals surface area contributed by atoms with Gasteiger partial charge < -0.3 is 9.42 Å². The third kappa shape index (κ3) is 4.96. The van der Waals surface area contributed by atoms with Gasteiger partial charge in [-0.05, 0) is 56.8 Å². The molecule has 0 radical (unpaired) electrons. The summed E-state index contributed by atoms with van der Waals surface area (Å²) in [5, 5.41) is 6.04. The molecule has 158 valence electrons. The van der Waals surface area contributed by atoms with Crippen molar-refractivity contribution >= 4 is 17.2 Å². The van der Waals surface area contributed by atoms with Crippen LogP contribution in [0.3, 0.4) is 0 Å². The molecule has 0 aliphatic carbocycles. The fourth-order valence-electron chi connectivity index (χ4n) is 3.88. The Kier molecular flexibility index (Phi) is 6.59. The van der Waals surface area contributed by atoms with E-state index in [-0.39, 0.29) is 11.8 Å². The molecule has 6 nitrogen and oxygen atoms in total. The average Bonchev–Trinajstić information content (AvgIpc) is 3.46. The van der Waals surface area contributed by atoms with Crippen LogP contribution in [0.2, 0.25) is 0 Å². The molecule has 0 spiro atoms. The normalized spacial score (nSPS) is 15.4. The van der Waals surface area contributed by atoms with Gasteiger partial charge in [0.15, 0.2) is 0 Å². The van der Waals surface area contributed by atoms with E-state index in [2.05, 4.69) is 46.2 Å². The maximum absolute atomic E-state index is 13.1. The van der Waals surface area contributed by atoms with Crippen LogP contribution in [0.25, 0.3) is 10.7 Å². The van der Waals surface area contributed by atoms with E-state index in [9.17, 15) is 4.79 Å². The SMILES string of the molecule is CCN(Cc1nc(-c2cccs2)no1)C(=O)C1CCN(Cc2ccc(C)cc2)CC1. The van der Waals surface area contributed by atoms with Crippen LogP contribution in [-0.4, -0.2) is 45.5 Å². The summed E-state index contributed by atoms with van der Waals surface area (Å²) < 4.78 is 5.39. The Bertz CT molecular complexity index is 944. The molecule has 0 unspecified atom stereocenters. The first-order chi connectivity index (χ1) is 14.6. The van der Waals surface area contributed by atoms with E-state index in [1.165, 1.54) is 11.1 Å². The summed E-state index contributed by atoms with van der Waals surface area (Å²) >= 11 is 1.57. The number of aromatic nitrogens is 2. The van der Waals surface area contributed by atoms with Crippen LogP contribution in [0.5, 0.6) is 0 Å². The molecule has 1 aromatic carbocycles. The second-order valence-electron chi connectivity index (χ2n) is 7.88. The summed E-state index contributed by atoms with van der Waals surface area (Å²) in [5.74, 6) is 1.35. The van der Waals surface area contributed by atoms with Gasteiger partial charge in [0, 0.05) is 19.0 Å². The molecular weight excluding hydrogens is 396 g/mol. The largest absolute Gasteiger partial charge is 0.337 e. The number of nitrogens with zero attached hydrogens (tertiary/aromatic N) is 4. The Balaban J connectivity index is 1.30. The molecule has 30 heavy (non-hydrogen) atoms. The van der Waals surface area contributed by atoms with E-state index in [1.807, 2.05) is 29.3 Å². The maximum atomic E-state index is 13.1. The highest BCUT2D eigenvalue weighted by molar-refractivity contribution is 7.13. The summed E-state index contributed by atoms with van der Waals surface area (Å²) in [7, 11) is 0. The number of thiophene rings is 1. The molecule has 4 rings (SSSR count). The zero-order valence-electron chi connectivity index (χ0n) is 17.6. The van der Waals surface area contributed by atoms with Gasteiger partial charge in [-0.1, -0.05) is 41.1 Å². The Labute approximate surface area is 181 Å². The summed E-state index contributed by atoms with van der Waals surface area (Å²) in [6, 6.07) is 12.6. The van der Waals surface area contributed by atoms with Gasteiger partial charge in [0.1, 0.15) is 0 Å². The van der Waals surface area contributed by atoms with Gasteiger partial charge >= 0.3 is 0 Å². The van der Waals surface area contributed by atoms with Gasteiger partial charge in [0.2, 0.25) is 17.6 Å². The number of carbonyl (C=O) groups is 1. The number of piperidine rings is 1. The van der Waals surface area contributed by atoms with Gasteiger partial charge in [-0.2, -0.15) is 4.98 Å². The van der Waals surface area contributed by atoms with Crippen LogP contribution >= 0.6 is 11.3 Å². The molecule has 1 saturated heterocycles. The van der Waals surface area contributed by atoms with Crippen molar-refractivity contribution in [2.75, 3.05) is 19.6 Å². The average molecular weight is 425 g/mol. The number of carbonyl (C=O) groups excluding carboxylic acids is 1. The van der Waals surface area contributed by atoms with E-state index in [0.29, 0.717) is 24.8 Å². The number of hydrogen-bond acceptors (Lipinski definition) is 6. The molecule has 1 fully saturated rings. The summed E-state index contributed by atoms with van der Waals surface area (Å²) in [6.45, 7) is 7.97. The highest BCUT2D eigenvalue weighted by Crippen LogP contribution is 2.24. The lowest BCUT2D eigenvalue weighted by Crippen LogP contribution is -2.42. The smallest absolute Gasteiger partial charge is 0.246 e. The van der Waals surface area contributed by atoms with Crippen LogP contribution in [0.1, 0.15) is 36.8 Å². The van der Waals surface area contributed by atoms with Crippen molar-refractivity contribution in [1.82, 2.24) is 19.9 Å². The minimum absolute atomic E-state index is 0.0684. The predicted octanol–water partition coefficient (Wildman–Crippen LogP) is 4.37. The Morgan fingerprint density at radius 3 is 2.67 bits per heavy atom. The van der Waals surface area contributed by atoms with Gasteiger partial charge in [0.05, 0.1) is 11.4 Å². The molecule has 0 saturated carbocycles. The Morgan fingerprint density at radius 2 is 2.00 bits per heavy atom. The summed E-state index contributed by atoms with van der Waals surface area (Å²) in [5.41, 5.74) is 2.62. The minimum Gasteiger partial charge on any atom is -0.337 e. The molecule has 0 bridgehead atoms.